The maximum absolute atomic E-state index is 13.0. The molecule has 2 aliphatic heterocycles. The second kappa shape index (κ2) is 10.5. The third kappa shape index (κ3) is 5.33. The molecule has 196 valence electrons. The lowest BCUT2D eigenvalue weighted by molar-refractivity contribution is 0.0996. The zero-order valence-electron chi connectivity index (χ0n) is 22.4. The van der Waals surface area contributed by atoms with Gasteiger partial charge in [0.15, 0.2) is 5.78 Å². The number of rotatable bonds is 7. The molecule has 0 bridgehead atoms. The van der Waals surface area contributed by atoms with Gasteiger partial charge in [0.05, 0.1) is 11.2 Å². The predicted molar refractivity (Wildman–Crippen MR) is 159 cm³/mol. The summed E-state index contributed by atoms with van der Waals surface area (Å²) in [5.74, 6) is 1.33. The highest BCUT2D eigenvalue weighted by Gasteiger charge is 2.31. The Morgan fingerprint density at radius 2 is 1.71 bits per heavy atom. The molecule has 5 nitrogen and oxygen atoms in total. The molecule has 4 aromatic rings. The van der Waals surface area contributed by atoms with Crippen molar-refractivity contribution in [3.8, 4) is 0 Å². The molecule has 38 heavy (non-hydrogen) atoms. The maximum atomic E-state index is 13.0. The van der Waals surface area contributed by atoms with Crippen molar-refractivity contribution >= 4 is 38.9 Å². The Morgan fingerprint density at radius 3 is 2.53 bits per heavy atom. The third-order valence-corrected chi connectivity index (χ3v) is 8.77. The van der Waals surface area contributed by atoms with Crippen molar-refractivity contribution in [2.45, 2.75) is 26.7 Å². The summed E-state index contributed by atoms with van der Waals surface area (Å²) in [5.41, 5.74) is 4.92. The van der Waals surface area contributed by atoms with Crippen LogP contribution in [-0.2, 0) is 12.8 Å². The van der Waals surface area contributed by atoms with E-state index in [9.17, 15) is 4.79 Å². The second-order valence-corrected chi connectivity index (χ2v) is 12.3. The maximum Gasteiger partial charge on any atom is 0.182 e. The largest absolute Gasteiger partial charge is 0.363 e. The van der Waals surface area contributed by atoms with Crippen molar-refractivity contribution in [1.82, 2.24) is 9.27 Å². The average molecular weight is 525 g/mol. The van der Waals surface area contributed by atoms with Crippen LogP contribution >= 0.6 is 11.5 Å². The minimum Gasteiger partial charge on any atom is -0.363 e. The first kappa shape index (κ1) is 25.1. The summed E-state index contributed by atoms with van der Waals surface area (Å²) in [7, 11) is 0. The normalized spacial score (nSPS) is 17.5. The van der Waals surface area contributed by atoms with E-state index in [1.54, 1.807) is 11.5 Å². The topological polar surface area (TPSA) is 39.7 Å². The molecular formula is C32H36N4OS. The summed E-state index contributed by atoms with van der Waals surface area (Å²) in [4.78, 5) is 20.3. The van der Waals surface area contributed by atoms with Crippen molar-refractivity contribution in [2.24, 2.45) is 5.41 Å². The molecule has 6 rings (SSSR count). The van der Waals surface area contributed by atoms with E-state index in [1.165, 1.54) is 26.9 Å². The van der Waals surface area contributed by atoms with E-state index in [-0.39, 0.29) is 11.2 Å². The molecule has 1 aromatic heterocycles. The lowest BCUT2D eigenvalue weighted by atomic mass is 9.80. The van der Waals surface area contributed by atoms with Gasteiger partial charge in [-0.3, -0.25) is 9.69 Å². The standard InChI is InChI=1S/C32H36N4OS/c1-32(2)21-26-20-24(12-13-28(26)36(23-32)22-29(37)25-8-4-3-5-9-25)14-15-34-16-18-35(19-17-34)31-27-10-6-7-11-30(27)38-33-31/h3-13,20H,14-19,21-23H2,1-2H3. The van der Waals surface area contributed by atoms with Crippen molar-refractivity contribution in [3.05, 3.63) is 89.5 Å². The van der Waals surface area contributed by atoms with Gasteiger partial charge in [-0.05, 0) is 59.1 Å². The van der Waals surface area contributed by atoms with E-state index in [1.807, 2.05) is 30.3 Å². The van der Waals surface area contributed by atoms with Gasteiger partial charge in [-0.15, -0.1) is 0 Å². The minimum atomic E-state index is 0.138. The van der Waals surface area contributed by atoms with Crippen LogP contribution < -0.4 is 9.80 Å². The first-order valence-electron chi connectivity index (χ1n) is 13.7. The molecule has 1 saturated heterocycles. The van der Waals surface area contributed by atoms with Gasteiger partial charge < -0.3 is 9.80 Å². The van der Waals surface area contributed by atoms with Crippen LogP contribution in [0, 0.1) is 5.41 Å². The lowest BCUT2D eigenvalue weighted by Crippen LogP contribution is -2.47. The van der Waals surface area contributed by atoms with E-state index < -0.39 is 0 Å². The molecule has 0 amide bonds. The van der Waals surface area contributed by atoms with Gasteiger partial charge in [0.2, 0.25) is 0 Å². The highest BCUT2D eigenvalue weighted by molar-refractivity contribution is 7.13. The molecule has 1 fully saturated rings. The number of carbonyl (C=O) groups is 1. The van der Waals surface area contributed by atoms with Crippen LogP contribution in [0.25, 0.3) is 10.1 Å². The van der Waals surface area contributed by atoms with Crippen LogP contribution in [0.15, 0.2) is 72.8 Å². The highest BCUT2D eigenvalue weighted by atomic mass is 32.1. The number of piperazine rings is 1. The van der Waals surface area contributed by atoms with Crippen LogP contribution in [0.2, 0.25) is 0 Å². The molecule has 3 heterocycles. The number of carbonyl (C=O) groups excluding carboxylic acids is 1. The third-order valence-electron chi connectivity index (χ3n) is 7.95. The Bertz CT molecular complexity index is 1420. The monoisotopic (exact) mass is 524 g/mol. The number of hydrogen-bond acceptors (Lipinski definition) is 6. The van der Waals surface area contributed by atoms with E-state index in [2.05, 4.69) is 71.0 Å². The average Bonchev–Trinajstić information content (AvgIpc) is 3.36. The van der Waals surface area contributed by atoms with Crippen LogP contribution in [0.3, 0.4) is 0 Å². The van der Waals surface area contributed by atoms with Crippen LogP contribution in [0.5, 0.6) is 0 Å². The fourth-order valence-corrected chi connectivity index (χ4v) is 6.81. The minimum absolute atomic E-state index is 0.138. The van der Waals surface area contributed by atoms with Gasteiger partial charge in [-0.1, -0.05) is 68.4 Å². The van der Waals surface area contributed by atoms with E-state index >= 15 is 0 Å². The molecule has 6 heteroatoms. The molecule has 0 radical (unpaired) electrons. The number of anilines is 2. The van der Waals surface area contributed by atoms with Crippen molar-refractivity contribution in [2.75, 3.05) is 55.6 Å². The van der Waals surface area contributed by atoms with Crippen molar-refractivity contribution in [1.29, 1.82) is 0 Å². The summed E-state index contributed by atoms with van der Waals surface area (Å²) < 4.78 is 6.02. The van der Waals surface area contributed by atoms with E-state index in [0.717, 1.165) is 63.5 Å². The highest BCUT2D eigenvalue weighted by Crippen LogP contribution is 2.37. The number of Topliss-reactive ketones (excluding diaryl/α,β-unsaturated/α-hetero) is 1. The Morgan fingerprint density at radius 1 is 0.947 bits per heavy atom. The molecule has 2 aliphatic rings. The zero-order chi connectivity index (χ0) is 26.1. The lowest BCUT2D eigenvalue weighted by Gasteiger charge is -2.41. The fraction of sp³-hybridized carbons (Fsp3) is 0.375. The Labute approximate surface area is 229 Å². The Kier molecular flexibility index (Phi) is 6.93. The van der Waals surface area contributed by atoms with Gasteiger partial charge in [0.1, 0.15) is 5.82 Å². The van der Waals surface area contributed by atoms with Gasteiger partial charge in [0.25, 0.3) is 0 Å². The number of aromatic nitrogens is 1. The quantitative estimate of drug-likeness (QED) is 0.280. The SMILES string of the molecule is CC1(C)Cc2cc(CCN3CCN(c4nsc5ccccc45)CC3)ccc2N(CC(=O)c2ccccc2)C1. The molecule has 0 spiro atoms. The molecule has 0 N–H and O–H groups in total. The molecule has 0 saturated carbocycles. The molecule has 3 aromatic carbocycles. The first-order valence-corrected chi connectivity index (χ1v) is 14.5. The fourth-order valence-electron chi connectivity index (χ4n) is 6.02. The summed E-state index contributed by atoms with van der Waals surface area (Å²) in [6.45, 7) is 11.2. The number of nitrogens with zero attached hydrogens (tertiary/aromatic N) is 4. The zero-order valence-corrected chi connectivity index (χ0v) is 23.2. The molecule has 0 unspecified atom stereocenters. The van der Waals surface area contributed by atoms with Crippen LogP contribution in [-0.4, -0.2) is 60.9 Å². The first-order chi connectivity index (χ1) is 18.4. The number of benzene rings is 3. The smallest absolute Gasteiger partial charge is 0.182 e. The molecular weight excluding hydrogens is 488 g/mol. The van der Waals surface area contributed by atoms with Gasteiger partial charge in [-0.2, -0.15) is 4.37 Å². The van der Waals surface area contributed by atoms with Crippen LogP contribution in [0.1, 0.15) is 35.3 Å². The Hall–Kier alpha value is -3.22. The predicted octanol–water partition coefficient (Wildman–Crippen LogP) is 5.93. The van der Waals surface area contributed by atoms with E-state index in [4.69, 9.17) is 4.37 Å². The van der Waals surface area contributed by atoms with Gasteiger partial charge in [0, 0.05) is 55.9 Å². The van der Waals surface area contributed by atoms with Crippen LogP contribution in [0.4, 0.5) is 11.5 Å². The Balaban J connectivity index is 1.08. The number of ketones is 1. The van der Waals surface area contributed by atoms with E-state index in [0.29, 0.717) is 6.54 Å². The van der Waals surface area contributed by atoms with Crippen molar-refractivity contribution in [3.63, 3.8) is 0 Å². The summed E-state index contributed by atoms with van der Waals surface area (Å²) >= 11 is 1.60. The number of hydrogen-bond donors (Lipinski definition) is 0. The second-order valence-electron chi connectivity index (χ2n) is 11.5. The summed E-state index contributed by atoms with van der Waals surface area (Å²) in [5, 5.41) is 1.28. The molecule has 0 atom stereocenters. The molecule has 0 aliphatic carbocycles. The van der Waals surface area contributed by atoms with Crippen molar-refractivity contribution < 1.29 is 4.79 Å². The number of fused-ring (bicyclic) bond motifs is 2. The van der Waals surface area contributed by atoms with Gasteiger partial charge >= 0.3 is 0 Å². The van der Waals surface area contributed by atoms with Gasteiger partial charge in [-0.25, -0.2) is 0 Å². The summed E-state index contributed by atoms with van der Waals surface area (Å²) in [6, 6.07) is 25.1. The summed E-state index contributed by atoms with van der Waals surface area (Å²) in [6.07, 6.45) is 2.10.